The minimum atomic E-state index is -5.77. The number of phosphoric ester groups is 1. The average Bonchev–Trinajstić information content (AvgIpc) is 2.82. The van der Waals surface area contributed by atoms with Gasteiger partial charge >= 0.3 is 29.2 Å². The number of nitrogens with zero attached hydrogens (tertiary/aromatic N) is 4. The van der Waals surface area contributed by atoms with E-state index in [0.717, 1.165) is 23.8 Å². The molecule has 6 atom stereocenters. The minimum Gasteiger partial charge on any atom is -0.389 e. The molecule has 2 heterocycles. The number of aliphatic hydroxyl groups excluding tert-OH is 1. The summed E-state index contributed by atoms with van der Waals surface area (Å²) < 4.78 is 51.4. The molecule has 180 valence electrons. The van der Waals surface area contributed by atoms with Gasteiger partial charge in [0.1, 0.15) is 11.6 Å². The summed E-state index contributed by atoms with van der Waals surface area (Å²) in [4.78, 5) is 63.4. The largest absolute Gasteiger partial charge is 0.490 e. The van der Waals surface area contributed by atoms with Gasteiger partial charge in [0, 0.05) is 17.2 Å². The molecule has 1 aliphatic rings. The van der Waals surface area contributed by atoms with Crippen LogP contribution in [0.25, 0.3) is 10.4 Å². The maximum Gasteiger partial charge on any atom is 0.490 e. The van der Waals surface area contributed by atoms with Gasteiger partial charge in [0.05, 0.1) is 12.7 Å². The average molecular weight is 523 g/mol. The molecule has 2 rings (SSSR count). The summed E-state index contributed by atoms with van der Waals surface area (Å²) in [7, 11) is -16.9. The molecule has 0 radical (unpaired) electrons. The van der Waals surface area contributed by atoms with Gasteiger partial charge in [0.15, 0.2) is 6.23 Å². The van der Waals surface area contributed by atoms with Crippen LogP contribution in [0.3, 0.4) is 0 Å². The summed E-state index contributed by atoms with van der Waals surface area (Å²) in [6, 6.07) is 0.924. The Morgan fingerprint density at radius 3 is 2.41 bits per heavy atom. The molecule has 6 N–H and O–H groups in total. The van der Waals surface area contributed by atoms with Gasteiger partial charge in [-0.3, -0.25) is 18.9 Å². The number of phosphoric acid groups is 3. The molecule has 1 saturated heterocycles. The SMILES string of the molecule is C[C@@]1(N=[N+]=[N-])[C@H](O)[C@@H](COP(=O)(O)OP(=O)(O)OP(=O)(O)O)O[C@H]1n1ccc(=O)[nH]c1=O. The zero-order chi connectivity index (χ0) is 24.5. The van der Waals surface area contributed by atoms with Crippen molar-refractivity contribution in [3.05, 3.63) is 43.5 Å². The zero-order valence-corrected chi connectivity index (χ0v) is 18.3. The predicted octanol–water partition coefficient (Wildman–Crippen LogP) is -0.793. The molecule has 0 bridgehead atoms. The Labute approximate surface area is 176 Å². The van der Waals surface area contributed by atoms with Crippen molar-refractivity contribution < 1.29 is 56.3 Å². The first-order valence-corrected chi connectivity index (χ1v) is 12.5. The van der Waals surface area contributed by atoms with E-state index < -0.39 is 65.3 Å². The lowest BCUT2D eigenvalue weighted by molar-refractivity contribution is -0.0478. The fraction of sp³-hybridized carbons (Fsp3) is 0.600. The standard InChI is InChI=1S/C10H16N5O14P3/c1-10(13-14-11)7(17)5(27-8(10)15-3-2-6(16)12-9(15)18)4-26-31(22,23)29-32(24,25)28-30(19,20)21/h2-3,5,7-8,17H,4H2,1H3,(H,22,23)(H,24,25)(H,12,16,18)(H2,19,20,21)/t5-,7-,8-,10-/m1/s1. The fourth-order valence-electron chi connectivity index (χ4n) is 2.67. The van der Waals surface area contributed by atoms with Crippen molar-refractivity contribution in [1.82, 2.24) is 9.55 Å². The van der Waals surface area contributed by atoms with Gasteiger partial charge in [-0.2, -0.15) is 8.62 Å². The Morgan fingerprint density at radius 2 is 1.88 bits per heavy atom. The fourth-order valence-corrected chi connectivity index (χ4v) is 5.70. The molecule has 0 aromatic carbocycles. The van der Waals surface area contributed by atoms with Crippen LogP contribution >= 0.6 is 23.5 Å². The molecule has 0 saturated carbocycles. The molecule has 0 aliphatic carbocycles. The second-order valence-electron chi connectivity index (χ2n) is 6.29. The number of hydrogen-bond donors (Lipinski definition) is 6. The summed E-state index contributed by atoms with van der Waals surface area (Å²) in [5.74, 6) is 0. The Hall–Kier alpha value is -1.68. The van der Waals surface area contributed by atoms with Gasteiger partial charge in [-0.15, -0.1) is 0 Å². The van der Waals surface area contributed by atoms with E-state index in [0.29, 0.717) is 0 Å². The molecule has 32 heavy (non-hydrogen) atoms. The van der Waals surface area contributed by atoms with Crippen LogP contribution < -0.4 is 11.2 Å². The molecule has 19 nitrogen and oxygen atoms in total. The lowest BCUT2D eigenvalue weighted by Gasteiger charge is -2.28. The van der Waals surface area contributed by atoms with E-state index in [2.05, 4.69) is 23.2 Å². The first kappa shape index (κ1) is 26.6. The Kier molecular flexibility index (Phi) is 7.71. The van der Waals surface area contributed by atoms with E-state index in [1.165, 1.54) is 0 Å². The number of aromatic amines is 1. The molecular weight excluding hydrogens is 507 g/mol. The third-order valence-electron chi connectivity index (χ3n) is 3.94. The van der Waals surface area contributed by atoms with E-state index in [9.17, 15) is 33.3 Å². The van der Waals surface area contributed by atoms with Crippen molar-refractivity contribution >= 4 is 23.5 Å². The second kappa shape index (κ2) is 9.29. The molecular formula is C10H16N5O14P3. The molecule has 0 spiro atoms. The maximum atomic E-state index is 12.1. The van der Waals surface area contributed by atoms with Gasteiger partial charge < -0.3 is 29.4 Å². The van der Waals surface area contributed by atoms with Crippen LogP contribution in [0.1, 0.15) is 13.2 Å². The normalized spacial score (nSPS) is 29.6. The summed E-state index contributed by atoms with van der Waals surface area (Å²) in [6.45, 7) is 0.0838. The zero-order valence-electron chi connectivity index (χ0n) is 15.6. The van der Waals surface area contributed by atoms with Gasteiger partial charge in [-0.05, 0) is 12.5 Å². The Bertz CT molecular complexity index is 1170. The summed E-state index contributed by atoms with van der Waals surface area (Å²) in [5.41, 5.74) is 5.14. The number of aromatic nitrogens is 2. The van der Waals surface area contributed by atoms with Gasteiger partial charge in [0.2, 0.25) is 0 Å². The first-order valence-electron chi connectivity index (χ1n) is 7.99. The van der Waals surface area contributed by atoms with Crippen molar-refractivity contribution in [3.8, 4) is 0 Å². The predicted molar refractivity (Wildman–Crippen MR) is 98.6 cm³/mol. The van der Waals surface area contributed by atoms with Gasteiger partial charge in [0.25, 0.3) is 5.56 Å². The van der Waals surface area contributed by atoms with Crippen molar-refractivity contribution in [2.75, 3.05) is 6.61 Å². The first-order chi connectivity index (χ1) is 14.5. The lowest BCUT2D eigenvalue weighted by atomic mass is 9.93. The van der Waals surface area contributed by atoms with Crippen molar-refractivity contribution in [1.29, 1.82) is 0 Å². The van der Waals surface area contributed by atoms with Crippen LogP contribution in [-0.4, -0.2) is 58.6 Å². The van der Waals surface area contributed by atoms with Crippen LogP contribution in [0, 0.1) is 0 Å². The van der Waals surface area contributed by atoms with Crippen LogP contribution in [-0.2, 0) is 31.6 Å². The number of ether oxygens (including phenoxy) is 1. The highest BCUT2D eigenvalue weighted by molar-refractivity contribution is 7.66. The van der Waals surface area contributed by atoms with Crippen LogP contribution in [0.4, 0.5) is 0 Å². The molecule has 1 aromatic rings. The van der Waals surface area contributed by atoms with Crippen molar-refractivity contribution in [2.24, 2.45) is 5.11 Å². The summed E-state index contributed by atoms with van der Waals surface area (Å²) >= 11 is 0. The van der Waals surface area contributed by atoms with E-state index in [1.54, 1.807) is 0 Å². The molecule has 22 heteroatoms. The number of hydrogen-bond acceptors (Lipinski definition) is 11. The third-order valence-corrected chi connectivity index (χ3v) is 7.74. The van der Waals surface area contributed by atoms with E-state index in [4.69, 9.17) is 24.9 Å². The minimum absolute atomic E-state index is 0.754. The lowest BCUT2D eigenvalue weighted by Crippen LogP contribution is -2.45. The smallest absolute Gasteiger partial charge is 0.389 e. The van der Waals surface area contributed by atoms with E-state index >= 15 is 0 Å². The van der Waals surface area contributed by atoms with Crippen LogP contribution in [0.15, 0.2) is 27.0 Å². The third kappa shape index (κ3) is 6.43. The van der Waals surface area contributed by atoms with Gasteiger partial charge in [-0.1, -0.05) is 5.11 Å². The highest BCUT2D eigenvalue weighted by Gasteiger charge is 2.55. The molecule has 1 fully saturated rings. The molecule has 1 aliphatic heterocycles. The summed E-state index contributed by atoms with van der Waals surface area (Å²) in [6.07, 6.45) is -3.99. The van der Waals surface area contributed by atoms with E-state index in [-0.39, 0.29) is 0 Å². The topological polar surface area (TPSA) is 293 Å². The number of aliphatic hydroxyl groups is 1. The second-order valence-corrected chi connectivity index (χ2v) is 10.7. The molecule has 0 amide bonds. The van der Waals surface area contributed by atoms with Crippen LogP contribution in [0.5, 0.6) is 0 Å². The Morgan fingerprint density at radius 1 is 1.25 bits per heavy atom. The summed E-state index contributed by atoms with van der Waals surface area (Å²) in [5, 5.41) is 13.9. The molecule has 2 unspecified atom stereocenters. The van der Waals surface area contributed by atoms with E-state index in [1.807, 2.05) is 4.98 Å². The number of rotatable bonds is 9. The highest BCUT2D eigenvalue weighted by atomic mass is 31.3. The number of nitrogens with one attached hydrogen (secondary N) is 1. The van der Waals surface area contributed by atoms with Gasteiger partial charge in [-0.25, -0.2) is 18.5 Å². The Balaban J connectivity index is 2.24. The van der Waals surface area contributed by atoms with Crippen molar-refractivity contribution in [3.63, 3.8) is 0 Å². The highest BCUT2D eigenvalue weighted by Crippen LogP contribution is 2.66. The molecule has 1 aromatic heterocycles. The van der Waals surface area contributed by atoms with Crippen LogP contribution in [0.2, 0.25) is 0 Å². The van der Waals surface area contributed by atoms with Crippen molar-refractivity contribution in [2.45, 2.75) is 30.9 Å². The monoisotopic (exact) mass is 523 g/mol. The quantitative estimate of drug-likeness (QED) is 0.100. The number of H-pyrrole nitrogens is 1. The number of azide groups is 1. The maximum absolute atomic E-state index is 12.1.